The lowest BCUT2D eigenvalue weighted by Crippen LogP contribution is -2.45. The molecule has 0 aromatic carbocycles. The molecule has 0 fully saturated rings. The van der Waals surface area contributed by atoms with Gasteiger partial charge in [0.25, 0.3) is 0 Å². The highest BCUT2D eigenvalue weighted by Gasteiger charge is 2.27. The zero-order chi connectivity index (χ0) is 37.9. The van der Waals surface area contributed by atoms with Gasteiger partial charge >= 0.3 is 7.82 Å². The number of nitrogens with zero attached hydrogens (tertiary/aromatic N) is 1. The van der Waals surface area contributed by atoms with E-state index in [1.165, 1.54) is 116 Å². The molecule has 0 saturated heterocycles. The Hall–Kier alpha value is -1.28. The van der Waals surface area contributed by atoms with Crippen molar-refractivity contribution in [2.45, 2.75) is 187 Å². The predicted octanol–water partition coefficient (Wildman–Crippen LogP) is 11.1. The minimum Gasteiger partial charge on any atom is -0.387 e. The first kappa shape index (κ1) is 49.7. The molecule has 0 spiro atoms. The SMILES string of the molecule is CCCCCCCCCCCCCCCCCCC/C=C/CC/C=C/CC/C=C/C(O)C(COP(=O)(O)OCC[N+](C)(C)C)NC(=O)CCCC. The summed E-state index contributed by atoms with van der Waals surface area (Å²) in [6.45, 7) is 4.52. The molecule has 8 nitrogen and oxygen atoms in total. The van der Waals surface area contributed by atoms with E-state index in [1.807, 2.05) is 34.1 Å². The number of hydrogen-bond donors (Lipinski definition) is 3. The molecule has 0 aliphatic carbocycles. The standard InChI is InChI=1S/C42H81N2O6P/c1-6-8-10-11-12-13-14-15-16-17-18-19-20-21-22-23-24-25-26-27-28-29-30-31-32-33-34-35-41(45)40(43-42(46)36-9-7-2)39-50-51(47,48)49-38-37-44(3,4)5/h26-27,30-31,34-35,40-41,45H,6-25,28-29,32-33,36-39H2,1-5H3,(H-,43,46,47,48)/p+1/b27-26+,31-30+,35-34+. The van der Waals surface area contributed by atoms with Crippen LogP contribution in [-0.4, -0.2) is 73.4 Å². The molecule has 3 atom stereocenters. The lowest BCUT2D eigenvalue weighted by atomic mass is 10.0. The minimum absolute atomic E-state index is 0.0523. The third kappa shape index (κ3) is 36.9. The Morgan fingerprint density at radius 1 is 0.647 bits per heavy atom. The van der Waals surface area contributed by atoms with E-state index in [0.717, 1.165) is 38.5 Å². The topological polar surface area (TPSA) is 105 Å². The summed E-state index contributed by atoms with van der Waals surface area (Å²) < 4.78 is 23.2. The molecular weight excluding hydrogens is 659 g/mol. The van der Waals surface area contributed by atoms with Crippen LogP contribution >= 0.6 is 7.82 Å². The van der Waals surface area contributed by atoms with Crippen molar-refractivity contribution in [1.29, 1.82) is 0 Å². The number of amides is 1. The number of carbonyl (C=O) groups excluding carboxylic acids is 1. The highest BCUT2D eigenvalue weighted by atomic mass is 31.2. The van der Waals surface area contributed by atoms with Crippen LogP contribution in [0.4, 0.5) is 0 Å². The maximum atomic E-state index is 12.4. The first-order chi connectivity index (χ1) is 24.5. The quantitative estimate of drug-likeness (QED) is 0.0253. The fraction of sp³-hybridized carbons (Fsp3) is 0.833. The molecule has 0 saturated carbocycles. The maximum Gasteiger partial charge on any atom is 0.472 e. The number of nitrogens with one attached hydrogen (secondary N) is 1. The highest BCUT2D eigenvalue weighted by Crippen LogP contribution is 2.43. The summed E-state index contributed by atoms with van der Waals surface area (Å²) in [5.74, 6) is -0.228. The molecule has 51 heavy (non-hydrogen) atoms. The van der Waals surface area contributed by atoms with Gasteiger partial charge in [0.15, 0.2) is 0 Å². The monoisotopic (exact) mass is 742 g/mol. The van der Waals surface area contributed by atoms with Crippen molar-refractivity contribution in [3.05, 3.63) is 36.5 Å². The van der Waals surface area contributed by atoms with Crippen molar-refractivity contribution in [3.63, 3.8) is 0 Å². The molecule has 0 aromatic heterocycles. The third-order valence-corrected chi connectivity index (χ3v) is 10.1. The van der Waals surface area contributed by atoms with Crippen molar-refractivity contribution < 1.29 is 32.9 Å². The number of aliphatic hydroxyl groups excluding tert-OH is 1. The summed E-state index contributed by atoms with van der Waals surface area (Å²) in [5.41, 5.74) is 0. The van der Waals surface area contributed by atoms with Gasteiger partial charge in [-0.1, -0.05) is 159 Å². The number of likely N-dealkylation sites (N-methyl/N-ethyl adjacent to an activating group) is 1. The number of aliphatic hydroxyl groups is 1. The second kappa shape index (κ2) is 34.5. The van der Waals surface area contributed by atoms with Crippen LogP contribution in [0.5, 0.6) is 0 Å². The van der Waals surface area contributed by atoms with Gasteiger partial charge in [-0.15, -0.1) is 0 Å². The van der Waals surface area contributed by atoms with Gasteiger partial charge in [0.2, 0.25) is 5.91 Å². The molecule has 0 radical (unpaired) electrons. The van der Waals surface area contributed by atoms with E-state index >= 15 is 0 Å². The Morgan fingerprint density at radius 3 is 1.55 bits per heavy atom. The second-order valence-electron chi connectivity index (χ2n) is 15.4. The van der Waals surface area contributed by atoms with Crippen molar-refractivity contribution in [3.8, 4) is 0 Å². The Bertz CT molecular complexity index is 933. The maximum absolute atomic E-state index is 12.4. The summed E-state index contributed by atoms with van der Waals surface area (Å²) in [5, 5.41) is 13.5. The number of phosphoric ester groups is 1. The molecular formula is C42H82N2O6P+. The molecule has 1 amide bonds. The smallest absolute Gasteiger partial charge is 0.387 e. The Kier molecular flexibility index (Phi) is 33.6. The first-order valence-corrected chi connectivity index (χ1v) is 22.4. The second-order valence-corrected chi connectivity index (χ2v) is 16.8. The van der Waals surface area contributed by atoms with Gasteiger partial charge in [-0.2, -0.15) is 0 Å². The van der Waals surface area contributed by atoms with Crippen LogP contribution in [0.15, 0.2) is 36.5 Å². The molecule has 0 heterocycles. The third-order valence-electron chi connectivity index (χ3n) is 9.09. The van der Waals surface area contributed by atoms with Crippen LogP contribution in [0.1, 0.15) is 174 Å². The minimum atomic E-state index is -4.32. The molecule has 0 aliphatic rings. The molecule has 0 aromatic rings. The molecule has 3 unspecified atom stereocenters. The summed E-state index contributed by atoms with van der Waals surface area (Å²) in [6.07, 6.45) is 42.1. The Balaban J connectivity index is 4.01. The van der Waals surface area contributed by atoms with E-state index in [9.17, 15) is 19.4 Å². The first-order valence-electron chi connectivity index (χ1n) is 20.9. The number of phosphoric acid groups is 1. The van der Waals surface area contributed by atoms with E-state index in [0.29, 0.717) is 17.4 Å². The highest BCUT2D eigenvalue weighted by molar-refractivity contribution is 7.47. The van der Waals surface area contributed by atoms with Crippen molar-refractivity contribution >= 4 is 13.7 Å². The lowest BCUT2D eigenvalue weighted by molar-refractivity contribution is -0.870. The van der Waals surface area contributed by atoms with Crippen LogP contribution in [0.3, 0.4) is 0 Å². The van der Waals surface area contributed by atoms with E-state index < -0.39 is 20.0 Å². The number of quaternary nitrogens is 1. The number of rotatable bonds is 37. The molecule has 0 rings (SSSR count). The summed E-state index contributed by atoms with van der Waals surface area (Å²) in [4.78, 5) is 22.4. The van der Waals surface area contributed by atoms with Crippen molar-refractivity contribution in [2.24, 2.45) is 0 Å². The molecule has 0 aliphatic heterocycles. The van der Waals surface area contributed by atoms with E-state index in [4.69, 9.17) is 9.05 Å². The van der Waals surface area contributed by atoms with Gasteiger partial charge in [-0.3, -0.25) is 13.8 Å². The van der Waals surface area contributed by atoms with Gasteiger partial charge < -0.3 is 19.8 Å². The zero-order valence-corrected chi connectivity index (χ0v) is 34.7. The molecule has 3 N–H and O–H groups in total. The summed E-state index contributed by atoms with van der Waals surface area (Å²) in [6, 6.07) is -0.862. The van der Waals surface area contributed by atoms with E-state index in [1.54, 1.807) is 6.08 Å². The largest absolute Gasteiger partial charge is 0.472 e. The predicted molar refractivity (Wildman–Crippen MR) is 217 cm³/mol. The number of unbranched alkanes of at least 4 members (excludes halogenated alkanes) is 20. The van der Waals surface area contributed by atoms with Crippen LogP contribution in [0.2, 0.25) is 0 Å². The zero-order valence-electron chi connectivity index (χ0n) is 33.8. The van der Waals surface area contributed by atoms with Crippen LogP contribution in [0, 0.1) is 0 Å². The number of hydrogen-bond acceptors (Lipinski definition) is 5. The summed E-state index contributed by atoms with van der Waals surface area (Å²) in [7, 11) is 1.54. The fourth-order valence-corrected chi connectivity index (χ4v) is 6.43. The number of carbonyl (C=O) groups is 1. The van der Waals surface area contributed by atoms with E-state index in [-0.39, 0.29) is 19.1 Å². The van der Waals surface area contributed by atoms with Gasteiger partial charge in [-0.05, 0) is 44.9 Å². The van der Waals surface area contributed by atoms with Gasteiger partial charge in [-0.25, -0.2) is 4.57 Å². The normalized spacial score (nSPS) is 14.9. The van der Waals surface area contributed by atoms with Crippen LogP contribution < -0.4 is 5.32 Å². The molecule has 300 valence electrons. The Morgan fingerprint density at radius 2 is 1.08 bits per heavy atom. The van der Waals surface area contributed by atoms with Crippen molar-refractivity contribution in [1.82, 2.24) is 5.32 Å². The van der Waals surface area contributed by atoms with E-state index in [2.05, 4.69) is 36.5 Å². The van der Waals surface area contributed by atoms with Gasteiger partial charge in [0.1, 0.15) is 13.2 Å². The number of allylic oxidation sites excluding steroid dienone is 5. The Labute approximate surface area is 315 Å². The summed E-state index contributed by atoms with van der Waals surface area (Å²) >= 11 is 0. The molecule has 0 bridgehead atoms. The van der Waals surface area contributed by atoms with Crippen molar-refractivity contribution in [2.75, 3.05) is 40.9 Å². The average molecular weight is 742 g/mol. The van der Waals surface area contributed by atoms with Gasteiger partial charge in [0, 0.05) is 6.42 Å². The van der Waals surface area contributed by atoms with Gasteiger partial charge in [0.05, 0.1) is 39.9 Å². The fourth-order valence-electron chi connectivity index (χ4n) is 5.70. The average Bonchev–Trinajstić information content (AvgIpc) is 3.08. The van der Waals surface area contributed by atoms with Crippen LogP contribution in [-0.2, 0) is 18.4 Å². The van der Waals surface area contributed by atoms with Crippen LogP contribution in [0.25, 0.3) is 0 Å². The molecule has 9 heteroatoms. The lowest BCUT2D eigenvalue weighted by Gasteiger charge is -2.25.